The van der Waals surface area contributed by atoms with Gasteiger partial charge in [-0.25, -0.2) is 0 Å². The molecule has 3 rings (SSSR count). The maximum atomic E-state index is 13.0. The third kappa shape index (κ3) is 4.05. The molecule has 0 fully saturated rings. The molecule has 0 aliphatic heterocycles. The van der Waals surface area contributed by atoms with Gasteiger partial charge in [0.1, 0.15) is 6.04 Å². The molecule has 9 heteroatoms. The molecule has 0 aliphatic rings. The van der Waals surface area contributed by atoms with Crippen molar-refractivity contribution in [2.24, 2.45) is 0 Å². The molecule has 2 heterocycles. The summed E-state index contributed by atoms with van der Waals surface area (Å²) >= 11 is 6.89. The van der Waals surface area contributed by atoms with Crippen LogP contribution in [0.4, 0.5) is 0 Å². The van der Waals surface area contributed by atoms with E-state index in [-0.39, 0.29) is 11.8 Å². The predicted molar refractivity (Wildman–Crippen MR) is 112 cm³/mol. The van der Waals surface area contributed by atoms with Crippen LogP contribution in [0.25, 0.3) is 10.7 Å². The van der Waals surface area contributed by atoms with Crippen molar-refractivity contribution in [3.05, 3.63) is 57.7 Å². The Labute approximate surface area is 172 Å². The number of aromatic nitrogens is 3. The number of rotatable bonds is 6. The lowest BCUT2D eigenvalue weighted by Crippen LogP contribution is -2.33. The molecule has 28 heavy (non-hydrogen) atoms. The number of H-pyrrole nitrogens is 1. The number of nitrogens with one attached hydrogen (secondary N) is 2. The van der Waals surface area contributed by atoms with Gasteiger partial charge in [0, 0.05) is 26.2 Å². The second kappa shape index (κ2) is 8.49. The van der Waals surface area contributed by atoms with Crippen molar-refractivity contribution in [3.8, 4) is 10.7 Å². The van der Waals surface area contributed by atoms with Crippen LogP contribution in [0.1, 0.15) is 28.9 Å². The van der Waals surface area contributed by atoms with E-state index >= 15 is 0 Å². The van der Waals surface area contributed by atoms with Crippen LogP contribution in [0.15, 0.2) is 41.8 Å². The quantitative estimate of drug-likeness (QED) is 0.606. The standard InChI is InChI=1S/C19H21N5O2S2/c1-12(24-16(21-22-19(24)27)15-5-4-10-28-15)18(26)23(3)11-13-6-8-14(9-7-13)17(25)20-2/h4-10,12H,11H2,1-3H3,(H,20,25)(H,22,27). The van der Waals surface area contributed by atoms with Gasteiger partial charge in [0.15, 0.2) is 10.6 Å². The zero-order chi connectivity index (χ0) is 20.3. The molecular formula is C19H21N5O2S2. The van der Waals surface area contributed by atoms with Crippen LogP contribution in [0.5, 0.6) is 0 Å². The molecule has 2 aromatic heterocycles. The first kappa shape index (κ1) is 20.0. The summed E-state index contributed by atoms with van der Waals surface area (Å²) in [7, 11) is 3.34. The van der Waals surface area contributed by atoms with E-state index in [2.05, 4.69) is 15.5 Å². The lowest BCUT2D eigenvalue weighted by atomic mass is 10.1. The molecule has 0 bridgehead atoms. The second-order valence-electron chi connectivity index (χ2n) is 6.35. The third-order valence-corrected chi connectivity index (χ3v) is 5.58. The number of nitrogens with zero attached hydrogens (tertiary/aromatic N) is 3. The lowest BCUT2D eigenvalue weighted by molar-refractivity contribution is -0.133. The van der Waals surface area contributed by atoms with Crippen molar-refractivity contribution in [3.63, 3.8) is 0 Å². The van der Waals surface area contributed by atoms with Crippen molar-refractivity contribution in [1.82, 2.24) is 25.0 Å². The van der Waals surface area contributed by atoms with Gasteiger partial charge < -0.3 is 10.2 Å². The monoisotopic (exact) mass is 415 g/mol. The lowest BCUT2D eigenvalue weighted by Gasteiger charge is -2.23. The highest BCUT2D eigenvalue weighted by Crippen LogP contribution is 2.26. The molecule has 1 unspecified atom stereocenters. The molecular weight excluding hydrogens is 394 g/mol. The smallest absolute Gasteiger partial charge is 0.251 e. The van der Waals surface area contributed by atoms with Gasteiger partial charge in [0.2, 0.25) is 5.91 Å². The number of thiophene rings is 1. The fourth-order valence-electron chi connectivity index (χ4n) is 2.93. The highest BCUT2D eigenvalue weighted by molar-refractivity contribution is 7.71. The summed E-state index contributed by atoms with van der Waals surface area (Å²) in [6.45, 7) is 2.24. The average molecular weight is 416 g/mol. The number of benzene rings is 1. The van der Waals surface area contributed by atoms with Gasteiger partial charge in [0.25, 0.3) is 5.91 Å². The molecule has 0 saturated heterocycles. The molecule has 0 radical (unpaired) electrons. The highest BCUT2D eigenvalue weighted by Gasteiger charge is 2.24. The molecule has 7 nitrogen and oxygen atoms in total. The van der Waals surface area contributed by atoms with Gasteiger partial charge in [0.05, 0.1) is 4.88 Å². The summed E-state index contributed by atoms with van der Waals surface area (Å²) < 4.78 is 2.15. The molecule has 2 amide bonds. The summed E-state index contributed by atoms with van der Waals surface area (Å²) in [6.07, 6.45) is 0. The number of carbonyl (C=O) groups excluding carboxylic acids is 2. The second-order valence-corrected chi connectivity index (χ2v) is 7.68. The summed E-state index contributed by atoms with van der Waals surface area (Å²) in [5, 5.41) is 11.6. The van der Waals surface area contributed by atoms with Crippen molar-refractivity contribution in [1.29, 1.82) is 0 Å². The third-order valence-electron chi connectivity index (χ3n) is 4.43. The van der Waals surface area contributed by atoms with E-state index in [4.69, 9.17) is 12.2 Å². The van der Waals surface area contributed by atoms with E-state index in [1.165, 1.54) is 0 Å². The number of aromatic amines is 1. The zero-order valence-corrected chi connectivity index (χ0v) is 17.4. The van der Waals surface area contributed by atoms with Crippen molar-refractivity contribution in [2.45, 2.75) is 19.5 Å². The normalized spacial score (nSPS) is 11.8. The molecule has 0 aliphatic carbocycles. The SMILES string of the molecule is CNC(=O)c1ccc(CN(C)C(=O)C(C)n2c(-c3cccs3)n[nH]c2=S)cc1. The number of hydrogen-bond acceptors (Lipinski definition) is 5. The van der Waals surface area contributed by atoms with Crippen molar-refractivity contribution >= 4 is 35.4 Å². The Kier molecular flexibility index (Phi) is 6.05. The predicted octanol–water partition coefficient (Wildman–Crippen LogP) is 3.25. The van der Waals surface area contributed by atoms with Crippen LogP contribution in [0.2, 0.25) is 0 Å². The summed E-state index contributed by atoms with van der Waals surface area (Å²) in [4.78, 5) is 27.2. The first-order valence-electron chi connectivity index (χ1n) is 8.69. The van der Waals surface area contributed by atoms with Gasteiger partial charge in [-0.3, -0.25) is 19.3 Å². The maximum absolute atomic E-state index is 13.0. The summed E-state index contributed by atoms with van der Waals surface area (Å²) in [5.74, 6) is 0.440. The van der Waals surface area contributed by atoms with Gasteiger partial charge >= 0.3 is 0 Å². The number of hydrogen-bond donors (Lipinski definition) is 2. The Bertz CT molecular complexity index is 1020. The first-order chi connectivity index (χ1) is 13.4. The Hall–Kier alpha value is -2.78. The fourth-order valence-corrected chi connectivity index (χ4v) is 3.93. The Morgan fingerprint density at radius 1 is 1.32 bits per heavy atom. The van der Waals surface area contributed by atoms with Crippen LogP contribution >= 0.6 is 23.6 Å². The number of likely N-dealkylation sites (N-methyl/N-ethyl adjacent to an activating group) is 1. The average Bonchev–Trinajstić information content (AvgIpc) is 3.36. The van der Waals surface area contributed by atoms with E-state index < -0.39 is 6.04 Å². The minimum Gasteiger partial charge on any atom is -0.355 e. The number of amides is 2. The van der Waals surface area contributed by atoms with Crippen LogP contribution in [0, 0.1) is 4.77 Å². The van der Waals surface area contributed by atoms with Crippen molar-refractivity contribution < 1.29 is 9.59 Å². The van der Waals surface area contributed by atoms with Crippen LogP contribution in [-0.4, -0.2) is 45.6 Å². The first-order valence-corrected chi connectivity index (χ1v) is 9.98. The van der Waals surface area contributed by atoms with Crippen LogP contribution < -0.4 is 5.32 Å². The minimum atomic E-state index is -0.501. The van der Waals surface area contributed by atoms with E-state index in [0.29, 0.717) is 22.7 Å². The Morgan fingerprint density at radius 3 is 2.64 bits per heavy atom. The molecule has 146 valence electrons. The van der Waals surface area contributed by atoms with Gasteiger partial charge in [-0.15, -0.1) is 11.3 Å². The minimum absolute atomic E-state index is 0.0781. The van der Waals surface area contributed by atoms with Crippen LogP contribution in [0.3, 0.4) is 0 Å². The molecule has 2 N–H and O–H groups in total. The molecule has 1 atom stereocenters. The van der Waals surface area contributed by atoms with Crippen molar-refractivity contribution in [2.75, 3.05) is 14.1 Å². The van der Waals surface area contributed by atoms with E-state index in [0.717, 1.165) is 10.4 Å². The zero-order valence-electron chi connectivity index (χ0n) is 15.8. The van der Waals surface area contributed by atoms with Crippen LogP contribution in [-0.2, 0) is 11.3 Å². The molecule has 1 aromatic carbocycles. The largest absolute Gasteiger partial charge is 0.355 e. The van der Waals surface area contributed by atoms with E-state index in [1.54, 1.807) is 47.0 Å². The highest BCUT2D eigenvalue weighted by atomic mass is 32.1. The Morgan fingerprint density at radius 2 is 2.04 bits per heavy atom. The molecule has 0 saturated carbocycles. The topological polar surface area (TPSA) is 83.0 Å². The summed E-state index contributed by atoms with van der Waals surface area (Å²) in [6, 6.07) is 10.6. The number of carbonyl (C=O) groups is 2. The molecule has 3 aromatic rings. The summed E-state index contributed by atoms with van der Waals surface area (Å²) in [5.41, 5.74) is 1.52. The maximum Gasteiger partial charge on any atom is 0.251 e. The van der Waals surface area contributed by atoms with E-state index in [1.807, 2.05) is 36.6 Å². The van der Waals surface area contributed by atoms with Gasteiger partial charge in [-0.05, 0) is 48.3 Å². The Balaban J connectivity index is 1.76. The van der Waals surface area contributed by atoms with E-state index in [9.17, 15) is 9.59 Å². The van der Waals surface area contributed by atoms with Gasteiger partial charge in [-0.1, -0.05) is 18.2 Å². The fraction of sp³-hybridized carbons (Fsp3) is 0.263. The molecule has 0 spiro atoms. The van der Waals surface area contributed by atoms with Gasteiger partial charge in [-0.2, -0.15) is 5.10 Å².